The molecular formula is C13H12FN5. The Morgan fingerprint density at radius 2 is 1.95 bits per heavy atom. The summed E-state index contributed by atoms with van der Waals surface area (Å²) in [6.07, 6.45) is 0. The van der Waals surface area contributed by atoms with Gasteiger partial charge in [0.1, 0.15) is 11.6 Å². The molecule has 0 amide bonds. The monoisotopic (exact) mass is 257 g/mol. The van der Waals surface area contributed by atoms with Gasteiger partial charge in [0, 0.05) is 23.0 Å². The van der Waals surface area contributed by atoms with Crippen molar-refractivity contribution >= 4 is 11.3 Å². The highest BCUT2D eigenvalue weighted by Crippen LogP contribution is 2.26. The van der Waals surface area contributed by atoms with E-state index in [0.717, 1.165) is 11.5 Å². The Bertz CT molecular complexity index is 778. The lowest BCUT2D eigenvalue weighted by Gasteiger charge is -2.06. The molecule has 5 nitrogen and oxygen atoms in total. The standard InChI is InChI=1S/C13H12FN5/c1-7-5-12-17-18-13(19(12)8(2)16-7)10-4-3-9(14)6-11(10)15/h3-6H,15H2,1-2H3. The molecule has 2 heterocycles. The Balaban J connectivity index is 2.31. The highest BCUT2D eigenvalue weighted by Gasteiger charge is 2.14. The molecule has 96 valence electrons. The number of nitrogens with zero attached hydrogens (tertiary/aromatic N) is 4. The topological polar surface area (TPSA) is 69.1 Å². The second-order valence-corrected chi connectivity index (χ2v) is 4.39. The molecule has 0 atom stereocenters. The summed E-state index contributed by atoms with van der Waals surface area (Å²) in [7, 11) is 0. The number of fused-ring (bicyclic) bond motifs is 1. The van der Waals surface area contributed by atoms with Gasteiger partial charge in [0.25, 0.3) is 0 Å². The van der Waals surface area contributed by atoms with Crippen molar-refractivity contribution in [1.82, 2.24) is 19.6 Å². The van der Waals surface area contributed by atoms with Crippen molar-refractivity contribution in [3.8, 4) is 11.4 Å². The molecule has 0 fully saturated rings. The van der Waals surface area contributed by atoms with Gasteiger partial charge in [-0.2, -0.15) is 0 Å². The normalized spacial score (nSPS) is 11.1. The fourth-order valence-electron chi connectivity index (χ4n) is 2.14. The second-order valence-electron chi connectivity index (χ2n) is 4.39. The minimum atomic E-state index is -0.374. The van der Waals surface area contributed by atoms with Gasteiger partial charge in [0.2, 0.25) is 0 Å². The number of benzene rings is 1. The number of rotatable bonds is 1. The molecule has 1 aromatic carbocycles. The Morgan fingerprint density at radius 3 is 2.68 bits per heavy atom. The number of anilines is 1. The van der Waals surface area contributed by atoms with Gasteiger partial charge in [0.05, 0.1) is 0 Å². The first kappa shape index (κ1) is 11.6. The van der Waals surface area contributed by atoms with Crippen molar-refractivity contribution in [2.45, 2.75) is 13.8 Å². The summed E-state index contributed by atoms with van der Waals surface area (Å²) in [4.78, 5) is 4.38. The average molecular weight is 257 g/mol. The summed E-state index contributed by atoms with van der Waals surface area (Å²) in [5.74, 6) is 0.956. The van der Waals surface area contributed by atoms with Crippen LogP contribution in [0.2, 0.25) is 0 Å². The first-order valence-electron chi connectivity index (χ1n) is 5.81. The molecule has 6 heteroatoms. The molecule has 0 saturated carbocycles. The van der Waals surface area contributed by atoms with E-state index in [1.807, 2.05) is 19.9 Å². The van der Waals surface area contributed by atoms with Crippen LogP contribution < -0.4 is 5.73 Å². The van der Waals surface area contributed by atoms with Crippen LogP contribution >= 0.6 is 0 Å². The average Bonchev–Trinajstić information content (AvgIpc) is 2.72. The molecule has 0 aliphatic heterocycles. The predicted molar refractivity (Wildman–Crippen MR) is 70.1 cm³/mol. The summed E-state index contributed by atoms with van der Waals surface area (Å²) >= 11 is 0. The lowest BCUT2D eigenvalue weighted by molar-refractivity contribution is 0.628. The van der Waals surface area contributed by atoms with Crippen molar-refractivity contribution in [1.29, 1.82) is 0 Å². The molecule has 3 aromatic rings. The maximum atomic E-state index is 13.1. The molecule has 0 saturated heterocycles. The molecule has 0 spiro atoms. The first-order valence-corrected chi connectivity index (χ1v) is 5.81. The minimum absolute atomic E-state index is 0.328. The van der Waals surface area contributed by atoms with Gasteiger partial charge in [-0.1, -0.05) is 0 Å². The summed E-state index contributed by atoms with van der Waals surface area (Å²) in [5.41, 5.74) is 8.38. The Kier molecular flexibility index (Phi) is 2.45. The van der Waals surface area contributed by atoms with E-state index < -0.39 is 0 Å². The number of aryl methyl sites for hydroxylation is 2. The summed E-state index contributed by atoms with van der Waals surface area (Å²) < 4.78 is 14.9. The third kappa shape index (κ3) is 1.81. The van der Waals surface area contributed by atoms with Crippen molar-refractivity contribution in [2.75, 3.05) is 5.73 Å². The predicted octanol–water partition coefficient (Wildman–Crippen LogP) is 2.13. The van der Waals surface area contributed by atoms with E-state index in [9.17, 15) is 4.39 Å². The van der Waals surface area contributed by atoms with Crippen molar-refractivity contribution in [2.24, 2.45) is 0 Å². The number of hydrogen-bond acceptors (Lipinski definition) is 4. The quantitative estimate of drug-likeness (QED) is 0.678. The van der Waals surface area contributed by atoms with Gasteiger partial charge in [-0.05, 0) is 32.0 Å². The summed E-state index contributed by atoms with van der Waals surface area (Å²) in [6.45, 7) is 3.76. The lowest BCUT2D eigenvalue weighted by atomic mass is 10.1. The van der Waals surface area contributed by atoms with Gasteiger partial charge in [-0.25, -0.2) is 9.37 Å². The van der Waals surface area contributed by atoms with Gasteiger partial charge in [-0.3, -0.25) is 4.40 Å². The van der Waals surface area contributed by atoms with E-state index in [4.69, 9.17) is 5.73 Å². The number of halogens is 1. The molecule has 0 aliphatic carbocycles. The van der Waals surface area contributed by atoms with E-state index in [1.165, 1.54) is 12.1 Å². The molecular weight excluding hydrogens is 245 g/mol. The molecule has 0 radical (unpaired) electrons. The Morgan fingerprint density at radius 1 is 1.16 bits per heavy atom. The second kappa shape index (κ2) is 4.01. The van der Waals surface area contributed by atoms with Crippen LogP contribution in [0.4, 0.5) is 10.1 Å². The molecule has 2 aromatic heterocycles. The largest absolute Gasteiger partial charge is 0.398 e. The van der Waals surface area contributed by atoms with Crippen molar-refractivity contribution < 1.29 is 4.39 Å². The molecule has 0 unspecified atom stereocenters. The molecule has 19 heavy (non-hydrogen) atoms. The van der Waals surface area contributed by atoms with Crippen LogP contribution in [0.3, 0.4) is 0 Å². The van der Waals surface area contributed by atoms with Crippen LogP contribution in [-0.2, 0) is 0 Å². The number of aromatic nitrogens is 4. The fourth-order valence-corrected chi connectivity index (χ4v) is 2.14. The Labute approximate surface area is 108 Å². The Hall–Kier alpha value is -2.50. The van der Waals surface area contributed by atoms with Gasteiger partial charge in [0.15, 0.2) is 11.5 Å². The van der Waals surface area contributed by atoms with Gasteiger partial charge >= 0.3 is 0 Å². The van der Waals surface area contributed by atoms with Gasteiger partial charge < -0.3 is 5.73 Å². The van der Waals surface area contributed by atoms with E-state index >= 15 is 0 Å². The van der Waals surface area contributed by atoms with Crippen LogP contribution in [0.5, 0.6) is 0 Å². The maximum Gasteiger partial charge on any atom is 0.171 e. The van der Waals surface area contributed by atoms with E-state index in [0.29, 0.717) is 22.7 Å². The van der Waals surface area contributed by atoms with Crippen molar-refractivity contribution in [3.05, 3.63) is 41.6 Å². The fraction of sp³-hybridized carbons (Fsp3) is 0.154. The van der Waals surface area contributed by atoms with Crippen LogP contribution in [0.15, 0.2) is 24.3 Å². The highest BCUT2D eigenvalue weighted by atomic mass is 19.1. The first-order chi connectivity index (χ1) is 9.06. The maximum absolute atomic E-state index is 13.1. The van der Waals surface area contributed by atoms with Crippen LogP contribution in [0.25, 0.3) is 17.0 Å². The lowest BCUT2D eigenvalue weighted by Crippen LogP contribution is -2.01. The highest BCUT2D eigenvalue weighted by molar-refractivity contribution is 5.73. The molecule has 2 N–H and O–H groups in total. The van der Waals surface area contributed by atoms with E-state index in [2.05, 4.69) is 15.2 Å². The van der Waals surface area contributed by atoms with E-state index in [1.54, 1.807) is 10.5 Å². The zero-order valence-corrected chi connectivity index (χ0v) is 10.6. The number of nitrogens with two attached hydrogens (primary N) is 1. The SMILES string of the molecule is Cc1cc2nnc(-c3ccc(F)cc3N)n2c(C)n1. The molecule has 3 rings (SSSR count). The number of hydrogen-bond donors (Lipinski definition) is 1. The summed E-state index contributed by atoms with van der Waals surface area (Å²) in [6, 6.07) is 6.06. The minimum Gasteiger partial charge on any atom is -0.398 e. The third-order valence-corrected chi connectivity index (χ3v) is 2.94. The molecule has 0 bridgehead atoms. The summed E-state index contributed by atoms with van der Waals surface area (Å²) in [5, 5.41) is 8.23. The third-order valence-electron chi connectivity index (χ3n) is 2.94. The van der Waals surface area contributed by atoms with Crippen LogP contribution in [0.1, 0.15) is 11.5 Å². The van der Waals surface area contributed by atoms with Gasteiger partial charge in [-0.15, -0.1) is 10.2 Å². The molecule has 0 aliphatic rings. The van der Waals surface area contributed by atoms with Crippen LogP contribution in [-0.4, -0.2) is 19.6 Å². The smallest absolute Gasteiger partial charge is 0.171 e. The van der Waals surface area contributed by atoms with E-state index in [-0.39, 0.29) is 5.82 Å². The zero-order valence-electron chi connectivity index (χ0n) is 10.6. The van der Waals surface area contributed by atoms with Crippen molar-refractivity contribution in [3.63, 3.8) is 0 Å². The number of nitrogen functional groups attached to an aromatic ring is 1. The van der Waals surface area contributed by atoms with Crippen LogP contribution in [0, 0.1) is 19.7 Å². The zero-order chi connectivity index (χ0) is 13.6.